The minimum absolute atomic E-state index is 0.151. The predicted octanol–water partition coefficient (Wildman–Crippen LogP) is 2.82. The van der Waals surface area contributed by atoms with E-state index in [9.17, 15) is 4.39 Å². The van der Waals surface area contributed by atoms with Gasteiger partial charge >= 0.3 is 0 Å². The molecule has 3 aromatic rings. The van der Waals surface area contributed by atoms with Gasteiger partial charge in [-0.25, -0.2) is 14.4 Å². The Morgan fingerprint density at radius 2 is 2.11 bits per heavy atom. The van der Waals surface area contributed by atoms with E-state index in [1.54, 1.807) is 36.1 Å². The van der Waals surface area contributed by atoms with Gasteiger partial charge in [0.1, 0.15) is 5.52 Å². The number of hydrogen-bond donors (Lipinski definition) is 0. The molecule has 2 heterocycles. The first-order chi connectivity index (χ1) is 8.66. The molecule has 0 aliphatic carbocycles. The lowest BCUT2D eigenvalue weighted by atomic mass is 10.1. The molecule has 0 radical (unpaired) electrons. The number of aromatic nitrogens is 4. The first kappa shape index (κ1) is 11.1. The number of rotatable bonds is 1. The van der Waals surface area contributed by atoms with Crippen LogP contribution in [0, 0.1) is 5.82 Å². The molecule has 4 nitrogen and oxygen atoms in total. The van der Waals surface area contributed by atoms with Gasteiger partial charge in [-0.2, -0.15) is 5.10 Å². The monoisotopic (exact) mass is 262 g/mol. The molecule has 0 saturated carbocycles. The standard InChI is InChI=1S/C12H8ClFN4/c1-18-11(9-5-6-15-12(13)16-9)7-3-2-4-8(14)10(7)17-18/h2-6H,1H3. The molecule has 0 saturated heterocycles. The van der Waals surface area contributed by atoms with E-state index in [0.717, 1.165) is 0 Å². The molecule has 1 aromatic carbocycles. The number of aryl methyl sites for hydroxylation is 1. The zero-order valence-corrected chi connectivity index (χ0v) is 10.2. The molecular formula is C12H8ClFN4. The average Bonchev–Trinajstić information content (AvgIpc) is 2.67. The second kappa shape index (κ2) is 4.03. The van der Waals surface area contributed by atoms with Crippen molar-refractivity contribution >= 4 is 22.5 Å². The van der Waals surface area contributed by atoms with Crippen LogP contribution >= 0.6 is 11.6 Å². The first-order valence-electron chi connectivity index (χ1n) is 5.27. The maximum absolute atomic E-state index is 13.6. The van der Waals surface area contributed by atoms with Crippen LogP contribution in [0.25, 0.3) is 22.3 Å². The Kier molecular flexibility index (Phi) is 2.48. The quantitative estimate of drug-likeness (QED) is 0.634. The molecule has 0 N–H and O–H groups in total. The first-order valence-corrected chi connectivity index (χ1v) is 5.65. The summed E-state index contributed by atoms with van der Waals surface area (Å²) in [6, 6.07) is 6.54. The van der Waals surface area contributed by atoms with E-state index < -0.39 is 0 Å². The summed E-state index contributed by atoms with van der Waals surface area (Å²) in [5, 5.41) is 5.01. The predicted molar refractivity (Wildman–Crippen MR) is 66.7 cm³/mol. The highest BCUT2D eigenvalue weighted by molar-refractivity contribution is 6.28. The molecule has 3 rings (SSSR count). The number of fused-ring (bicyclic) bond motifs is 1. The SMILES string of the molecule is Cn1nc2c(F)cccc2c1-c1ccnc(Cl)n1. The molecular weight excluding hydrogens is 255 g/mol. The summed E-state index contributed by atoms with van der Waals surface area (Å²) in [6.45, 7) is 0. The Morgan fingerprint density at radius 3 is 2.89 bits per heavy atom. The molecule has 0 amide bonds. The topological polar surface area (TPSA) is 43.6 Å². The van der Waals surface area contributed by atoms with E-state index in [-0.39, 0.29) is 11.1 Å². The van der Waals surface area contributed by atoms with Gasteiger partial charge in [-0.05, 0) is 23.7 Å². The Morgan fingerprint density at radius 1 is 1.28 bits per heavy atom. The van der Waals surface area contributed by atoms with Crippen LogP contribution in [0.4, 0.5) is 4.39 Å². The maximum atomic E-state index is 13.6. The summed E-state index contributed by atoms with van der Waals surface area (Å²) in [5.74, 6) is -0.352. The van der Waals surface area contributed by atoms with E-state index in [1.165, 1.54) is 6.07 Å². The van der Waals surface area contributed by atoms with Crippen molar-refractivity contribution in [2.45, 2.75) is 0 Å². The fourth-order valence-electron chi connectivity index (χ4n) is 1.95. The third-order valence-corrected chi connectivity index (χ3v) is 2.87. The van der Waals surface area contributed by atoms with Gasteiger partial charge in [0.05, 0.1) is 11.4 Å². The van der Waals surface area contributed by atoms with Crippen molar-refractivity contribution in [3.8, 4) is 11.4 Å². The highest BCUT2D eigenvalue weighted by atomic mass is 35.5. The van der Waals surface area contributed by atoms with Crippen LogP contribution in [-0.4, -0.2) is 19.7 Å². The van der Waals surface area contributed by atoms with Gasteiger partial charge in [0, 0.05) is 18.6 Å². The lowest BCUT2D eigenvalue weighted by molar-refractivity contribution is 0.632. The van der Waals surface area contributed by atoms with Gasteiger partial charge in [-0.3, -0.25) is 4.68 Å². The molecule has 2 aromatic heterocycles. The van der Waals surface area contributed by atoms with Crippen LogP contribution in [0.1, 0.15) is 0 Å². The van der Waals surface area contributed by atoms with E-state index >= 15 is 0 Å². The Labute approximate surface area is 107 Å². The number of benzene rings is 1. The maximum Gasteiger partial charge on any atom is 0.222 e. The van der Waals surface area contributed by atoms with E-state index in [0.29, 0.717) is 22.3 Å². The van der Waals surface area contributed by atoms with Crippen LogP contribution in [0.2, 0.25) is 5.28 Å². The van der Waals surface area contributed by atoms with E-state index in [1.807, 2.05) is 0 Å². The number of halogens is 2. The third kappa shape index (κ3) is 1.64. The molecule has 6 heteroatoms. The zero-order chi connectivity index (χ0) is 12.7. The normalized spacial score (nSPS) is 11.1. The van der Waals surface area contributed by atoms with Gasteiger partial charge in [-0.1, -0.05) is 12.1 Å². The summed E-state index contributed by atoms with van der Waals surface area (Å²) < 4.78 is 15.2. The summed E-state index contributed by atoms with van der Waals surface area (Å²) in [5.41, 5.74) is 1.66. The van der Waals surface area contributed by atoms with Crippen LogP contribution in [0.5, 0.6) is 0 Å². The third-order valence-electron chi connectivity index (χ3n) is 2.68. The summed E-state index contributed by atoms with van der Waals surface area (Å²) in [6.07, 6.45) is 1.56. The van der Waals surface area contributed by atoms with Crippen molar-refractivity contribution in [2.24, 2.45) is 7.05 Å². The number of nitrogens with zero attached hydrogens (tertiary/aromatic N) is 4. The zero-order valence-electron chi connectivity index (χ0n) is 9.43. The minimum Gasteiger partial charge on any atom is -0.265 e. The lowest BCUT2D eigenvalue weighted by Crippen LogP contribution is -1.96. The molecule has 0 atom stereocenters. The largest absolute Gasteiger partial charge is 0.265 e. The Hall–Kier alpha value is -2.01. The van der Waals surface area contributed by atoms with Gasteiger partial charge in [0.15, 0.2) is 5.82 Å². The molecule has 0 spiro atoms. The van der Waals surface area contributed by atoms with Crippen molar-refractivity contribution in [3.63, 3.8) is 0 Å². The highest BCUT2D eigenvalue weighted by Crippen LogP contribution is 2.28. The molecule has 90 valence electrons. The second-order valence-corrected chi connectivity index (χ2v) is 4.16. The fourth-order valence-corrected chi connectivity index (χ4v) is 2.10. The van der Waals surface area contributed by atoms with Crippen molar-refractivity contribution in [2.75, 3.05) is 0 Å². The van der Waals surface area contributed by atoms with Gasteiger partial charge in [0.2, 0.25) is 5.28 Å². The van der Waals surface area contributed by atoms with E-state index in [2.05, 4.69) is 15.1 Å². The lowest BCUT2D eigenvalue weighted by Gasteiger charge is -2.01. The van der Waals surface area contributed by atoms with Crippen LogP contribution in [-0.2, 0) is 7.05 Å². The van der Waals surface area contributed by atoms with Crippen LogP contribution in [0.3, 0.4) is 0 Å². The van der Waals surface area contributed by atoms with Crippen molar-refractivity contribution < 1.29 is 4.39 Å². The van der Waals surface area contributed by atoms with Gasteiger partial charge in [-0.15, -0.1) is 0 Å². The van der Waals surface area contributed by atoms with Crippen molar-refractivity contribution in [3.05, 3.63) is 41.6 Å². The molecule has 0 aliphatic heterocycles. The fraction of sp³-hybridized carbons (Fsp3) is 0.0833. The van der Waals surface area contributed by atoms with Crippen molar-refractivity contribution in [1.82, 2.24) is 19.7 Å². The molecule has 0 bridgehead atoms. The van der Waals surface area contributed by atoms with Crippen LogP contribution < -0.4 is 0 Å². The number of hydrogen-bond acceptors (Lipinski definition) is 3. The van der Waals surface area contributed by atoms with Crippen molar-refractivity contribution in [1.29, 1.82) is 0 Å². The molecule has 18 heavy (non-hydrogen) atoms. The Bertz CT molecular complexity index is 738. The molecule has 0 unspecified atom stereocenters. The summed E-state index contributed by atoms with van der Waals surface area (Å²) in [4.78, 5) is 7.95. The smallest absolute Gasteiger partial charge is 0.222 e. The molecule has 0 fully saturated rings. The van der Waals surface area contributed by atoms with Gasteiger partial charge < -0.3 is 0 Å². The second-order valence-electron chi connectivity index (χ2n) is 3.82. The summed E-state index contributed by atoms with van der Waals surface area (Å²) >= 11 is 5.77. The van der Waals surface area contributed by atoms with Gasteiger partial charge in [0.25, 0.3) is 0 Å². The Balaban J connectivity index is 2.36. The average molecular weight is 263 g/mol. The van der Waals surface area contributed by atoms with Crippen LogP contribution in [0.15, 0.2) is 30.5 Å². The minimum atomic E-state index is -0.352. The highest BCUT2D eigenvalue weighted by Gasteiger charge is 2.14. The van der Waals surface area contributed by atoms with E-state index in [4.69, 9.17) is 11.6 Å². The molecule has 0 aliphatic rings. The summed E-state index contributed by atoms with van der Waals surface area (Å²) in [7, 11) is 1.74.